The van der Waals surface area contributed by atoms with Gasteiger partial charge in [-0.2, -0.15) is 0 Å². The van der Waals surface area contributed by atoms with Gasteiger partial charge in [0.1, 0.15) is 11.5 Å². The van der Waals surface area contributed by atoms with E-state index in [0.717, 1.165) is 39.0 Å². The zero-order valence-corrected chi connectivity index (χ0v) is 18.0. The number of rotatable bonds is 2. The Bertz CT molecular complexity index is 1590. The second-order valence-corrected chi connectivity index (χ2v) is 8.62. The monoisotopic (exact) mass is 423 g/mol. The van der Waals surface area contributed by atoms with Gasteiger partial charge in [-0.05, 0) is 29.3 Å². The first-order chi connectivity index (χ1) is 16.4. The van der Waals surface area contributed by atoms with E-state index in [2.05, 4.69) is 126 Å². The molecule has 1 aliphatic heterocycles. The standard InChI is InChI=1S/C31H21NO/c1-3-11-21(12-4-1)31(22-13-5-2-6-14-22)24-16-8-10-18-28(24)33-30-25(31)19-20-27-29(30)23-15-7-9-17-26(23)32-27/h1-20,32H. The van der Waals surface area contributed by atoms with Crippen molar-refractivity contribution in [3.05, 3.63) is 144 Å². The van der Waals surface area contributed by atoms with E-state index >= 15 is 0 Å². The van der Waals surface area contributed by atoms with Crippen molar-refractivity contribution >= 4 is 21.8 Å². The third-order valence-corrected chi connectivity index (χ3v) is 6.94. The molecule has 0 spiro atoms. The SMILES string of the molecule is c1ccc(C2(c3ccccc3)c3ccccc3Oc3c2ccc2[nH]c4ccccc4c32)cc1. The maximum atomic E-state index is 6.74. The summed E-state index contributed by atoms with van der Waals surface area (Å²) in [6.45, 7) is 0. The number of H-pyrrole nitrogens is 1. The van der Waals surface area contributed by atoms with Crippen molar-refractivity contribution in [3.63, 3.8) is 0 Å². The van der Waals surface area contributed by atoms with Crippen molar-refractivity contribution < 1.29 is 4.74 Å². The number of ether oxygens (including phenoxy) is 1. The van der Waals surface area contributed by atoms with Gasteiger partial charge in [-0.3, -0.25) is 0 Å². The Labute approximate surface area is 192 Å². The highest BCUT2D eigenvalue weighted by molar-refractivity contribution is 6.11. The first-order valence-corrected chi connectivity index (χ1v) is 11.3. The molecular formula is C31H21NO. The van der Waals surface area contributed by atoms with Gasteiger partial charge >= 0.3 is 0 Å². The molecule has 0 aliphatic carbocycles. The van der Waals surface area contributed by atoms with Crippen LogP contribution in [0.4, 0.5) is 0 Å². The number of hydrogen-bond donors (Lipinski definition) is 1. The molecule has 2 heterocycles. The normalized spacial score (nSPS) is 13.9. The van der Waals surface area contributed by atoms with E-state index < -0.39 is 5.41 Å². The lowest BCUT2D eigenvalue weighted by Crippen LogP contribution is -2.34. The number of aromatic nitrogens is 1. The average Bonchev–Trinajstić information content (AvgIpc) is 3.27. The van der Waals surface area contributed by atoms with Crippen LogP contribution in [-0.4, -0.2) is 4.98 Å². The van der Waals surface area contributed by atoms with Gasteiger partial charge in [-0.15, -0.1) is 0 Å². The van der Waals surface area contributed by atoms with E-state index in [1.54, 1.807) is 0 Å². The van der Waals surface area contributed by atoms with Crippen molar-refractivity contribution in [1.29, 1.82) is 0 Å². The number of hydrogen-bond acceptors (Lipinski definition) is 1. The van der Waals surface area contributed by atoms with Crippen LogP contribution in [0.1, 0.15) is 22.3 Å². The fourth-order valence-electron chi connectivity index (χ4n) is 5.60. The van der Waals surface area contributed by atoms with Crippen LogP contribution in [0, 0.1) is 0 Å². The number of benzene rings is 5. The summed E-state index contributed by atoms with van der Waals surface area (Å²) in [6.07, 6.45) is 0. The second kappa shape index (κ2) is 6.85. The minimum atomic E-state index is -0.487. The van der Waals surface area contributed by atoms with Crippen LogP contribution >= 0.6 is 0 Å². The first kappa shape index (κ1) is 18.3. The minimum Gasteiger partial charge on any atom is -0.456 e. The van der Waals surface area contributed by atoms with E-state index in [0.29, 0.717) is 0 Å². The van der Waals surface area contributed by atoms with E-state index in [1.165, 1.54) is 16.5 Å². The molecule has 0 unspecified atom stereocenters. The topological polar surface area (TPSA) is 25.0 Å². The highest BCUT2D eigenvalue weighted by Gasteiger charge is 2.45. The van der Waals surface area contributed by atoms with Gasteiger partial charge in [0.15, 0.2) is 0 Å². The molecule has 0 saturated heterocycles. The average molecular weight is 424 g/mol. The van der Waals surface area contributed by atoms with Crippen LogP contribution in [0.25, 0.3) is 21.8 Å². The molecule has 0 saturated carbocycles. The molecule has 0 atom stereocenters. The van der Waals surface area contributed by atoms with Gasteiger partial charge < -0.3 is 9.72 Å². The van der Waals surface area contributed by atoms with Crippen molar-refractivity contribution in [2.75, 3.05) is 0 Å². The maximum Gasteiger partial charge on any atom is 0.142 e. The predicted molar refractivity (Wildman–Crippen MR) is 134 cm³/mol. The van der Waals surface area contributed by atoms with Gasteiger partial charge in [0.05, 0.1) is 16.3 Å². The summed E-state index contributed by atoms with van der Waals surface area (Å²) in [6, 6.07) is 43.0. The highest BCUT2D eigenvalue weighted by Crippen LogP contribution is 2.57. The van der Waals surface area contributed by atoms with E-state index in [1.807, 2.05) is 0 Å². The quantitative estimate of drug-likeness (QED) is 0.301. The lowest BCUT2D eigenvalue weighted by Gasteiger charge is -2.41. The predicted octanol–water partition coefficient (Wildman–Crippen LogP) is 7.81. The summed E-state index contributed by atoms with van der Waals surface area (Å²) in [7, 11) is 0. The van der Waals surface area contributed by atoms with Crippen molar-refractivity contribution in [1.82, 2.24) is 4.98 Å². The van der Waals surface area contributed by atoms with Gasteiger partial charge in [0.25, 0.3) is 0 Å². The third kappa shape index (κ3) is 2.43. The third-order valence-electron chi connectivity index (χ3n) is 6.94. The smallest absolute Gasteiger partial charge is 0.142 e. The fourth-order valence-corrected chi connectivity index (χ4v) is 5.60. The molecule has 1 N–H and O–H groups in total. The molecule has 5 aromatic carbocycles. The van der Waals surface area contributed by atoms with E-state index in [4.69, 9.17) is 4.74 Å². The van der Waals surface area contributed by atoms with Crippen molar-refractivity contribution in [2.45, 2.75) is 5.41 Å². The van der Waals surface area contributed by atoms with E-state index in [9.17, 15) is 0 Å². The maximum absolute atomic E-state index is 6.74. The second-order valence-electron chi connectivity index (χ2n) is 8.62. The molecule has 33 heavy (non-hydrogen) atoms. The summed E-state index contributed by atoms with van der Waals surface area (Å²) >= 11 is 0. The Morgan fingerprint density at radius 2 is 1.15 bits per heavy atom. The molecule has 7 rings (SSSR count). The van der Waals surface area contributed by atoms with Crippen molar-refractivity contribution in [3.8, 4) is 11.5 Å². The Morgan fingerprint density at radius 3 is 1.91 bits per heavy atom. The van der Waals surface area contributed by atoms with Crippen LogP contribution in [0.15, 0.2) is 121 Å². The Kier molecular flexibility index (Phi) is 3.80. The molecule has 0 radical (unpaired) electrons. The number of fused-ring (bicyclic) bond motifs is 6. The Balaban J connectivity index is 1.70. The molecule has 6 aromatic rings. The molecule has 156 valence electrons. The Morgan fingerprint density at radius 1 is 0.515 bits per heavy atom. The lowest BCUT2D eigenvalue weighted by molar-refractivity contribution is 0.440. The molecule has 1 aromatic heterocycles. The van der Waals surface area contributed by atoms with Gasteiger partial charge in [0, 0.05) is 22.0 Å². The summed E-state index contributed by atoms with van der Waals surface area (Å²) in [5.74, 6) is 1.83. The minimum absolute atomic E-state index is 0.487. The number of aromatic amines is 1. The largest absolute Gasteiger partial charge is 0.456 e. The Hall–Kier alpha value is -4.30. The van der Waals surface area contributed by atoms with Gasteiger partial charge in [-0.1, -0.05) is 103 Å². The fraction of sp³-hybridized carbons (Fsp3) is 0.0323. The lowest BCUT2D eigenvalue weighted by atomic mass is 9.63. The zero-order valence-electron chi connectivity index (χ0n) is 18.0. The number of para-hydroxylation sites is 2. The van der Waals surface area contributed by atoms with Crippen LogP contribution < -0.4 is 4.74 Å². The summed E-state index contributed by atoms with van der Waals surface area (Å²) < 4.78 is 6.74. The summed E-state index contributed by atoms with van der Waals surface area (Å²) in [5, 5.41) is 2.31. The first-order valence-electron chi connectivity index (χ1n) is 11.3. The van der Waals surface area contributed by atoms with Gasteiger partial charge in [0.2, 0.25) is 0 Å². The highest BCUT2D eigenvalue weighted by atomic mass is 16.5. The molecule has 0 amide bonds. The van der Waals surface area contributed by atoms with Crippen LogP contribution in [0.5, 0.6) is 11.5 Å². The molecular weight excluding hydrogens is 402 g/mol. The summed E-state index contributed by atoms with van der Waals surface area (Å²) in [4.78, 5) is 3.58. The molecule has 2 nitrogen and oxygen atoms in total. The molecule has 0 fully saturated rings. The van der Waals surface area contributed by atoms with Crippen LogP contribution in [0.2, 0.25) is 0 Å². The van der Waals surface area contributed by atoms with Crippen molar-refractivity contribution in [2.24, 2.45) is 0 Å². The van der Waals surface area contributed by atoms with E-state index in [-0.39, 0.29) is 0 Å². The molecule has 0 bridgehead atoms. The number of nitrogens with one attached hydrogen (secondary N) is 1. The molecule has 1 aliphatic rings. The zero-order chi connectivity index (χ0) is 21.8. The van der Waals surface area contributed by atoms with Crippen LogP contribution in [-0.2, 0) is 5.41 Å². The summed E-state index contributed by atoms with van der Waals surface area (Å²) in [5.41, 5.74) is 6.50. The van der Waals surface area contributed by atoms with Gasteiger partial charge in [-0.25, -0.2) is 0 Å². The van der Waals surface area contributed by atoms with Crippen LogP contribution in [0.3, 0.4) is 0 Å². The molecule has 2 heteroatoms.